The first-order chi connectivity index (χ1) is 13.0. The Morgan fingerprint density at radius 1 is 0.926 bits per heavy atom. The molecule has 0 aromatic heterocycles. The quantitative estimate of drug-likeness (QED) is 0.732. The Kier molecular flexibility index (Phi) is 5.71. The van der Waals surface area contributed by atoms with Crippen molar-refractivity contribution in [3.05, 3.63) is 53.6 Å². The molecule has 7 nitrogen and oxygen atoms in total. The molecule has 3 rings (SSSR count). The minimum absolute atomic E-state index is 0.0318. The molecule has 1 heterocycles. The van der Waals surface area contributed by atoms with E-state index in [0.29, 0.717) is 22.7 Å². The number of rotatable bonds is 7. The average molecular weight is 368 g/mol. The smallest absolute Gasteiger partial charge is 0.243 e. The Bertz CT molecular complexity index is 861. The Morgan fingerprint density at radius 3 is 2.44 bits per heavy atom. The van der Waals surface area contributed by atoms with Crippen molar-refractivity contribution in [1.82, 2.24) is 5.32 Å². The van der Waals surface area contributed by atoms with Crippen molar-refractivity contribution < 1.29 is 23.9 Å². The van der Waals surface area contributed by atoms with Crippen molar-refractivity contribution in [1.29, 1.82) is 0 Å². The first-order valence-corrected chi connectivity index (χ1v) is 8.57. The number of aryl methyl sites for hydroxylation is 1. The number of nitrogens with one attached hydrogen (secondary N) is 2. The normalized spacial score (nSPS) is 11.7. The molecule has 0 saturated carbocycles. The molecule has 0 saturated heterocycles. The zero-order valence-corrected chi connectivity index (χ0v) is 14.9. The molecule has 0 radical (unpaired) electrons. The van der Waals surface area contributed by atoms with Gasteiger partial charge in [0.2, 0.25) is 18.6 Å². The summed E-state index contributed by atoms with van der Waals surface area (Å²) in [5.41, 5.74) is 2.19. The van der Waals surface area contributed by atoms with Crippen LogP contribution in [0.1, 0.15) is 28.8 Å². The SMILES string of the molecule is Cc1ccc(C(=O)CCC(=O)NCC(=O)Nc2ccc3c(c2)OCO3)cc1. The number of fused-ring (bicyclic) bond motifs is 1. The molecule has 0 fully saturated rings. The molecule has 0 bridgehead atoms. The lowest BCUT2D eigenvalue weighted by atomic mass is 10.1. The third kappa shape index (κ3) is 5.07. The van der Waals surface area contributed by atoms with Crippen LogP contribution in [0.3, 0.4) is 0 Å². The summed E-state index contributed by atoms with van der Waals surface area (Å²) < 4.78 is 10.4. The predicted molar refractivity (Wildman–Crippen MR) is 98.9 cm³/mol. The van der Waals surface area contributed by atoms with Gasteiger partial charge in [-0.1, -0.05) is 29.8 Å². The molecule has 140 valence electrons. The van der Waals surface area contributed by atoms with E-state index < -0.39 is 0 Å². The number of hydrogen-bond donors (Lipinski definition) is 2. The van der Waals surface area contributed by atoms with Gasteiger partial charge in [0, 0.05) is 30.2 Å². The highest BCUT2D eigenvalue weighted by molar-refractivity contribution is 5.99. The monoisotopic (exact) mass is 368 g/mol. The van der Waals surface area contributed by atoms with Gasteiger partial charge in [-0.3, -0.25) is 14.4 Å². The number of carbonyl (C=O) groups excluding carboxylic acids is 3. The van der Waals surface area contributed by atoms with Gasteiger partial charge in [-0.25, -0.2) is 0 Å². The van der Waals surface area contributed by atoms with Gasteiger partial charge in [0.05, 0.1) is 6.54 Å². The summed E-state index contributed by atoms with van der Waals surface area (Å²) in [4.78, 5) is 35.9. The van der Waals surface area contributed by atoms with E-state index in [4.69, 9.17) is 9.47 Å². The van der Waals surface area contributed by atoms with Gasteiger partial charge in [0.1, 0.15) is 0 Å². The summed E-state index contributed by atoms with van der Waals surface area (Å²) in [5.74, 6) is 0.365. The minimum atomic E-state index is -0.368. The second kappa shape index (κ2) is 8.35. The maximum Gasteiger partial charge on any atom is 0.243 e. The molecular weight excluding hydrogens is 348 g/mol. The van der Waals surface area contributed by atoms with Crippen molar-refractivity contribution in [3.8, 4) is 11.5 Å². The lowest BCUT2D eigenvalue weighted by Gasteiger charge is -2.08. The van der Waals surface area contributed by atoms with Crippen LogP contribution in [0.15, 0.2) is 42.5 Å². The topological polar surface area (TPSA) is 93.7 Å². The van der Waals surface area contributed by atoms with Crippen LogP contribution in [0.4, 0.5) is 5.69 Å². The summed E-state index contributed by atoms with van der Waals surface area (Å²) in [5, 5.41) is 5.18. The standard InChI is InChI=1S/C20H20N2O5/c1-13-2-4-14(5-3-13)16(23)7-9-19(24)21-11-20(25)22-15-6-8-17-18(10-15)27-12-26-17/h2-6,8,10H,7,9,11-12H2,1H3,(H,21,24)(H,22,25). The number of ether oxygens (including phenoxy) is 2. The molecule has 0 aliphatic carbocycles. The third-order valence-electron chi connectivity index (χ3n) is 4.06. The molecule has 0 unspecified atom stereocenters. The van der Waals surface area contributed by atoms with E-state index in [9.17, 15) is 14.4 Å². The van der Waals surface area contributed by atoms with Crippen LogP contribution in [0.25, 0.3) is 0 Å². The van der Waals surface area contributed by atoms with Crippen LogP contribution in [0, 0.1) is 6.92 Å². The zero-order chi connectivity index (χ0) is 19.2. The molecule has 2 aromatic carbocycles. The summed E-state index contributed by atoms with van der Waals surface area (Å²) in [6, 6.07) is 12.2. The van der Waals surface area contributed by atoms with E-state index in [1.165, 1.54) is 0 Å². The van der Waals surface area contributed by atoms with Gasteiger partial charge in [-0.15, -0.1) is 0 Å². The van der Waals surface area contributed by atoms with E-state index >= 15 is 0 Å². The van der Waals surface area contributed by atoms with E-state index in [-0.39, 0.29) is 43.8 Å². The third-order valence-corrected chi connectivity index (χ3v) is 4.06. The van der Waals surface area contributed by atoms with Gasteiger partial charge >= 0.3 is 0 Å². The molecule has 2 amide bonds. The maximum absolute atomic E-state index is 12.1. The number of anilines is 1. The van der Waals surface area contributed by atoms with Crippen LogP contribution in [0.5, 0.6) is 11.5 Å². The molecular formula is C20H20N2O5. The molecule has 1 aliphatic heterocycles. The highest BCUT2D eigenvalue weighted by Gasteiger charge is 2.15. The number of benzene rings is 2. The van der Waals surface area contributed by atoms with Crippen molar-refractivity contribution >= 4 is 23.3 Å². The van der Waals surface area contributed by atoms with Crippen LogP contribution in [-0.4, -0.2) is 30.9 Å². The average Bonchev–Trinajstić information content (AvgIpc) is 3.13. The lowest BCUT2D eigenvalue weighted by molar-refractivity contribution is -0.124. The lowest BCUT2D eigenvalue weighted by Crippen LogP contribution is -2.33. The van der Waals surface area contributed by atoms with E-state index in [1.807, 2.05) is 19.1 Å². The summed E-state index contributed by atoms with van der Waals surface area (Å²) in [6.07, 6.45) is 0.128. The van der Waals surface area contributed by atoms with Crippen LogP contribution >= 0.6 is 0 Å². The summed E-state index contributed by atoms with van der Waals surface area (Å²) >= 11 is 0. The number of carbonyl (C=O) groups is 3. The second-order valence-corrected chi connectivity index (χ2v) is 6.18. The maximum atomic E-state index is 12.1. The molecule has 2 aromatic rings. The van der Waals surface area contributed by atoms with E-state index in [0.717, 1.165) is 5.56 Å². The molecule has 0 spiro atoms. The number of ketones is 1. The number of Topliss-reactive ketones (excluding diaryl/α,β-unsaturated/α-hetero) is 1. The van der Waals surface area contributed by atoms with Crippen molar-refractivity contribution in [2.45, 2.75) is 19.8 Å². The van der Waals surface area contributed by atoms with Gasteiger partial charge in [-0.05, 0) is 19.1 Å². The fraction of sp³-hybridized carbons (Fsp3) is 0.250. The number of hydrogen-bond acceptors (Lipinski definition) is 5. The van der Waals surface area contributed by atoms with Crippen LogP contribution < -0.4 is 20.1 Å². The molecule has 2 N–H and O–H groups in total. The molecule has 7 heteroatoms. The first-order valence-electron chi connectivity index (χ1n) is 8.57. The Balaban J connectivity index is 1.40. The van der Waals surface area contributed by atoms with Crippen molar-refractivity contribution in [2.24, 2.45) is 0 Å². The van der Waals surface area contributed by atoms with Gasteiger partial charge < -0.3 is 20.1 Å². The minimum Gasteiger partial charge on any atom is -0.454 e. The summed E-state index contributed by atoms with van der Waals surface area (Å²) in [6.45, 7) is 1.92. The van der Waals surface area contributed by atoms with E-state index in [1.54, 1.807) is 30.3 Å². The van der Waals surface area contributed by atoms with Gasteiger partial charge in [0.25, 0.3) is 0 Å². The van der Waals surface area contributed by atoms with Gasteiger partial charge in [0.15, 0.2) is 17.3 Å². The first kappa shape index (κ1) is 18.4. The number of amides is 2. The largest absolute Gasteiger partial charge is 0.454 e. The van der Waals surface area contributed by atoms with Crippen molar-refractivity contribution in [3.63, 3.8) is 0 Å². The highest BCUT2D eigenvalue weighted by atomic mass is 16.7. The summed E-state index contributed by atoms with van der Waals surface area (Å²) in [7, 11) is 0. The van der Waals surface area contributed by atoms with Gasteiger partial charge in [-0.2, -0.15) is 0 Å². The molecule has 1 aliphatic rings. The zero-order valence-electron chi connectivity index (χ0n) is 14.9. The van der Waals surface area contributed by atoms with E-state index in [2.05, 4.69) is 10.6 Å². The van der Waals surface area contributed by atoms with Crippen molar-refractivity contribution in [2.75, 3.05) is 18.7 Å². The second-order valence-electron chi connectivity index (χ2n) is 6.18. The highest BCUT2D eigenvalue weighted by Crippen LogP contribution is 2.34. The van der Waals surface area contributed by atoms with Crippen LogP contribution in [0.2, 0.25) is 0 Å². The fourth-order valence-corrected chi connectivity index (χ4v) is 2.56. The molecule has 27 heavy (non-hydrogen) atoms. The Morgan fingerprint density at radius 2 is 1.67 bits per heavy atom. The Hall–Kier alpha value is -3.35. The van der Waals surface area contributed by atoms with Crippen LogP contribution in [-0.2, 0) is 9.59 Å². The molecule has 0 atom stereocenters. The fourth-order valence-electron chi connectivity index (χ4n) is 2.56. The predicted octanol–water partition coefficient (Wildman–Crippen LogP) is 2.44. The Labute approximate surface area is 156 Å².